The minimum absolute atomic E-state index is 0.223. The summed E-state index contributed by atoms with van der Waals surface area (Å²) in [6.07, 6.45) is 11.0. The zero-order valence-corrected chi connectivity index (χ0v) is 10.5. The molecule has 0 unspecified atom stereocenters. The molecule has 0 radical (unpaired) electrons. The summed E-state index contributed by atoms with van der Waals surface area (Å²) in [6, 6.07) is 0. The SMILES string of the molecule is COC(=O)C/C=C/CCC/C=C/CC(=O)OC. The molecule has 0 saturated carbocycles. The molecule has 0 N–H and O–H groups in total. The first-order chi connectivity index (χ1) is 8.20. The van der Waals surface area contributed by atoms with Gasteiger partial charge in [0.25, 0.3) is 0 Å². The lowest BCUT2D eigenvalue weighted by Gasteiger charge is -1.93. The second kappa shape index (κ2) is 10.9. The number of unbranched alkanes of at least 4 members (excludes halogenated alkanes) is 2. The fraction of sp³-hybridized carbons (Fsp3) is 0.538. The van der Waals surface area contributed by atoms with E-state index in [-0.39, 0.29) is 11.9 Å². The molecule has 0 saturated heterocycles. The lowest BCUT2D eigenvalue weighted by molar-refractivity contribution is -0.140. The van der Waals surface area contributed by atoms with Gasteiger partial charge in [-0.3, -0.25) is 9.59 Å². The van der Waals surface area contributed by atoms with E-state index in [1.54, 1.807) is 0 Å². The van der Waals surface area contributed by atoms with Crippen molar-refractivity contribution in [3.8, 4) is 0 Å². The lowest BCUT2D eigenvalue weighted by Crippen LogP contribution is -1.96. The van der Waals surface area contributed by atoms with Gasteiger partial charge in [-0.1, -0.05) is 24.3 Å². The highest BCUT2D eigenvalue weighted by Gasteiger charge is 1.94. The molecule has 4 heteroatoms. The van der Waals surface area contributed by atoms with Gasteiger partial charge < -0.3 is 9.47 Å². The van der Waals surface area contributed by atoms with Crippen molar-refractivity contribution in [2.45, 2.75) is 32.1 Å². The smallest absolute Gasteiger partial charge is 0.309 e. The topological polar surface area (TPSA) is 52.6 Å². The Hall–Kier alpha value is -1.58. The van der Waals surface area contributed by atoms with Crippen LogP contribution < -0.4 is 0 Å². The molecule has 0 rings (SSSR count). The van der Waals surface area contributed by atoms with E-state index in [0.29, 0.717) is 12.8 Å². The number of carbonyl (C=O) groups excluding carboxylic acids is 2. The quantitative estimate of drug-likeness (QED) is 0.371. The van der Waals surface area contributed by atoms with Gasteiger partial charge in [-0.05, 0) is 19.3 Å². The Balaban J connectivity index is 3.40. The van der Waals surface area contributed by atoms with E-state index < -0.39 is 0 Å². The van der Waals surface area contributed by atoms with Crippen molar-refractivity contribution in [2.75, 3.05) is 14.2 Å². The number of hydrogen-bond acceptors (Lipinski definition) is 4. The second-order valence-electron chi connectivity index (χ2n) is 3.43. The molecular weight excluding hydrogens is 220 g/mol. The van der Waals surface area contributed by atoms with E-state index in [4.69, 9.17) is 0 Å². The van der Waals surface area contributed by atoms with Gasteiger partial charge in [0.05, 0.1) is 27.1 Å². The third kappa shape index (κ3) is 10.7. The fourth-order valence-corrected chi connectivity index (χ4v) is 1.12. The molecule has 17 heavy (non-hydrogen) atoms. The largest absolute Gasteiger partial charge is 0.469 e. The number of esters is 2. The van der Waals surface area contributed by atoms with Crippen molar-refractivity contribution in [1.29, 1.82) is 0 Å². The molecule has 0 aliphatic carbocycles. The average Bonchev–Trinajstić information content (AvgIpc) is 2.35. The Morgan fingerprint density at radius 3 is 1.59 bits per heavy atom. The number of hydrogen-bond donors (Lipinski definition) is 0. The molecule has 0 aromatic heterocycles. The number of allylic oxidation sites excluding steroid dienone is 2. The van der Waals surface area contributed by atoms with Crippen molar-refractivity contribution < 1.29 is 19.1 Å². The highest BCUT2D eigenvalue weighted by atomic mass is 16.5. The van der Waals surface area contributed by atoms with Crippen molar-refractivity contribution in [3.63, 3.8) is 0 Å². The normalized spacial score (nSPS) is 10.9. The predicted molar refractivity (Wildman–Crippen MR) is 65.4 cm³/mol. The molecule has 0 atom stereocenters. The van der Waals surface area contributed by atoms with Crippen molar-refractivity contribution in [1.82, 2.24) is 0 Å². The summed E-state index contributed by atoms with van der Waals surface area (Å²) >= 11 is 0. The molecule has 96 valence electrons. The van der Waals surface area contributed by atoms with Crippen LogP contribution in [0.4, 0.5) is 0 Å². The molecule has 0 heterocycles. The first-order valence-electron chi connectivity index (χ1n) is 5.64. The number of methoxy groups -OCH3 is 2. The fourth-order valence-electron chi connectivity index (χ4n) is 1.12. The zero-order valence-electron chi connectivity index (χ0n) is 10.5. The molecule has 4 nitrogen and oxygen atoms in total. The summed E-state index contributed by atoms with van der Waals surface area (Å²) < 4.78 is 9.00. The van der Waals surface area contributed by atoms with Gasteiger partial charge in [0.1, 0.15) is 0 Å². The summed E-state index contributed by atoms with van der Waals surface area (Å²) in [6.45, 7) is 0. The monoisotopic (exact) mass is 240 g/mol. The Morgan fingerprint density at radius 2 is 1.24 bits per heavy atom. The molecule has 0 aliphatic heterocycles. The number of carbonyl (C=O) groups is 2. The predicted octanol–water partition coefficient (Wildman–Crippen LogP) is 2.40. The summed E-state index contributed by atoms with van der Waals surface area (Å²) in [7, 11) is 2.75. The van der Waals surface area contributed by atoms with Crippen LogP contribution in [0.15, 0.2) is 24.3 Å². The van der Waals surface area contributed by atoms with E-state index in [0.717, 1.165) is 19.3 Å². The van der Waals surface area contributed by atoms with Crippen LogP contribution in [0.25, 0.3) is 0 Å². The highest BCUT2D eigenvalue weighted by molar-refractivity contribution is 5.71. The molecular formula is C13H20O4. The standard InChI is InChI=1S/C13H20O4/c1-16-12(14)10-8-6-4-3-5-7-9-11-13(15)17-2/h6-9H,3-5,10-11H2,1-2H3/b8-6+,9-7+. The van der Waals surface area contributed by atoms with Crippen LogP contribution in [0.2, 0.25) is 0 Å². The summed E-state index contributed by atoms with van der Waals surface area (Å²) in [5.41, 5.74) is 0. The summed E-state index contributed by atoms with van der Waals surface area (Å²) in [4.78, 5) is 21.5. The van der Waals surface area contributed by atoms with Gasteiger partial charge in [0.2, 0.25) is 0 Å². The van der Waals surface area contributed by atoms with E-state index in [9.17, 15) is 9.59 Å². The van der Waals surface area contributed by atoms with Gasteiger partial charge >= 0.3 is 11.9 Å². The Kier molecular flexibility index (Phi) is 9.91. The third-order valence-electron chi connectivity index (χ3n) is 2.10. The minimum Gasteiger partial charge on any atom is -0.469 e. The van der Waals surface area contributed by atoms with E-state index in [1.807, 2.05) is 24.3 Å². The maximum atomic E-state index is 10.7. The van der Waals surface area contributed by atoms with E-state index >= 15 is 0 Å². The molecule has 0 amide bonds. The molecule has 0 bridgehead atoms. The lowest BCUT2D eigenvalue weighted by atomic mass is 10.2. The van der Waals surface area contributed by atoms with Gasteiger partial charge in [-0.25, -0.2) is 0 Å². The van der Waals surface area contributed by atoms with E-state index in [1.165, 1.54) is 14.2 Å². The molecule has 0 fully saturated rings. The van der Waals surface area contributed by atoms with Crippen LogP contribution in [0.1, 0.15) is 32.1 Å². The summed E-state index contributed by atoms with van der Waals surface area (Å²) in [5, 5.41) is 0. The van der Waals surface area contributed by atoms with Crippen molar-refractivity contribution >= 4 is 11.9 Å². The zero-order chi connectivity index (χ0) is 12.9. The van der Waals surface area contributed by atoms with Crippen molar-refractivity contribution in [3.05, 3.63) is 24.3 Å². The van der Waals surface area contributed by atoms with Crippen LogP contribution in [-0.4, -0.2) is 26.2 Å². The first kappa shape index (κ1) is 15.4. The second-order valence-corrected chi connectivity index (χ2v) is 3.43. The van der Waals surface area contributed by atoms with Gasteiger partial charge in [-0.15, -0.1) is 0 Å². The Bertz CT molecular complexity index is 251. The number of rotatable bonds is 8. The molecule has 0 spiro atoms. The Labute approximate surface area is 102 Å². The van der Waals surface area contributed by atoms with E-state index in [2.05, 4.69) is 9.47 Å². The minimum atomic E-state index is -0.223. The van der Waals surface area contributed by atoms with Crippen LogP contribution >= 0.6 is 0 Å². The number of ether oxygens (including phenoxy) is 2. The molecule has 0 aromatic rings. The van der Waals surface area contributed by atoms with Crippen molar-refractivity contribution in [2.24, 2.45) is 0 Å². The van der Waals surface area contributed by atoms with Crippen LogP contribution in [0, 0.1) is 0 Å². The van der Waals surface area contributed by atoms with Crippen LogP contribution in [0.3, 0.4) is 0 Å². The average molecular weight is 240 g/mol. The van der Waals surface area contributed by atoms with Crippen LogP contribution in [0.5, 0.6) is 0 Å². The summed E-state index contributed by atoms with van der Waals surface area (Å²) in [5.74, 6) is -0.446. The van der Waals surface area contributed by atoms with Gasteiger partial charge in [-0.2, -0.15) is 0 Å². The molecule has 0 aliphatic rings. The van der Waals surface area contributed by atoms with Crippen LogP contribution in [-0.2, 0) is 19.1 Å². The third-order valence-corrected chi connectivity index (χ3v) is 2.10. The molecule has 0 aromatic carbocycles. The highest BCUT2D eigenvalue weighted by Crippen LogP contribution is 2.00. The Morgan fingerprint density at radius 1 is 0.824 bits per heavy atom. The van der Waals surface area contributed by atoms with Gasteiger partial charge in [0.15, 0.2) is 0 Å². The first-order valence-corrected chi connectivity index (χ1v) is 5.64. The maximum Gasteiger partial charge on any atom is 0.309 e. The van der Waals surface area contributed by atoms with Gasteiger partial charge in [0, 0.05) is 0 Å². The maximum absolute atomic E-state index is 10.7.